The molecule has 0 aliphatic heterocycles. The minimum Gasteiger partial charge on any atom is -0.324 e. The van der Waals surface area contributed by atoms with Crippen molar-refractivity contribution in [3.05, 3.63) is 0 Å². The third kappa shape index (κ3) is 7.31. The van der Waals surface area contributed by atoms with Crippen molar-refractivity contribution in [1.82, 2.24) is 5.32 Å². The van der Waals surface area contributed by atoms with E-state index in [1.807, 2.05) is 20.8 Å². The number of rotatable bonds is 4. The zero-order valence-electron chi connectivity index (χ0n) is 7.52. The van der Waals surface area contributed by atoms with Crippen LogP contribution in [0.4, 0.5) is 0 Å². The van der Waals surface area contributed by atoms with Crippen LogP contribution in [0.2, 0.25) is 0 Å². The third-order valence-electron chi connectivity index (χ3n) is 1.25. The van der Waals surface area contributed by atoms with Gasteiger partial charge in [0.05, 0.1) is 12.0 Å². The van der Waals surface area contributed by atoms with Gasteiger partial charge in [-0.05, 0) is 20.8 Å². The Morgan fingerprint density at radius 3 is 2.55 bits per heavy atom. The second kappa shape index (κ2) is 4.32. The van der Waals surface area contributed by atoms with Gasteiger partial charge in [-0.1, -0.05) is 0 Å². The van der Waals surface area contributed by atoms with Crippen molar-refractivity contribution in [3.63, 3.8) is 0 Å². The van der Waals surface area contributed by atoms with Crippen molar-refractivity contribution in [2.45, 2.75) is 26.3 Å². The molecule has 0 saturated heterocycles. The summed E-state index contributed by atoms with van der Waals surface area (Å²) in [4.78, 5) is 0. The summed E-state index contributed by atoms with van der Waals surface area (Å²) in [5.74, 6) is 0.0670. The van der Waals surface area contributed by atoms with Gasteiger partial charge in [-0.15, -0.1) is 0 Å². The van der Waals surface area contributed by atoms with Crippen LogP contribution in [0.1, 0.15) is 20.8 Å². The quantitative estimate of drug-likeness (QED) is 0.620. The average Bonchev–Trinajstić information content (AvgIpc) is 1.85. The van der Waals surface area contributed by atoms with Crippen LogP contribution in [0.5, 0.6) is 0 Å². The van der Waals surface area contributed by atoms with E-state index >= 15 is 0 Å². The van der Waals surface area contributed by atoms with Gasteiger partial charge in [-0.3, -0.25) is 0 Å². The number of nitrogens with one attached hydrogen (secondary N) is 1. The van der Waals surface area contributed by atoms with E-state index < -0.39 is 0 Å². The van der Waals surface area contributed by atoms with E-state index in [1.54, 1.807) is 0 Å². The summed E-state index contributed by atoms with van der Waals surface area (Å²) in [6, 6.07) is 2.15. The van der Waals surface area contributed by atoms with E-state index in [1.165, 1.54) is 0 Å². The van der Waals surface area contributed by atoms with E-state index in [4.69, 9.17) is 11.0 Å². The first-order valence-electron chi connectivity index (χ1n) is 3.85. The van der Waals surface area contributed by atoms with Crippen LogP contribution >= 0.6 is 0 Å². The molecule has 0 aliphatic rings. The Kier molecular flexibility index (Phi) is 4.09. The number of nitrogens with two attached hydrogens (primary N) is 1. The van der Waals surface area contributed by atoms with Crippen LogP contribution in [0, 0.1) is 17.2 Å². The van der Waals surface area contributed by atoms with Crippen LogP contribution in [0.3, 0.4) is 0 Å². The van der Waals surface area contributed by atoms with Crippen LogP contribution in [-0.4, -0.2) is 18.6 Å². The number of nitriles is 1. The normalized spacial score (nSPS) is 14.1. The molecule has 0 amide bonds. The van der Waals surface area contributed by atoms with Gasteiger partial charge in [0.15, 0.2) is 0 Å². The molecule has 64 valence electrons. The molecule has 0 heterocycles. The average molecular weight is 155 g/mol. The van der Waals surface area contributed by atoms with Gasteiger partial charge >= 0.3 is 0 Å². The molecule has 11 heavy (non-hydrogen) atoms. The highest BCUT2D eigenvalue weighted by molar-refractivity contribution is 4.82. The topological polar surface area (TPSA) is 61.8 Å². The Labute approximate surface area is 68.6 Å². The molecule has 0 bridgehead atoms. The maximum absolute atomic E-state index is 8.44. The second-order valence-corrected chi connectivity index (χ2v) is 3.65. The highest BCUT2D eigenvalue weighted by atomic mass is 14.9. The minimum atomic E-state index is -0.185. The van der Waals surface area contributed by atoms with Crippen molar-refractivity contribution in [2.75, 3.05) is 13.1 Å². The predicted octanol–water partition coefficient (Wildman–Crippen LogP) is 0.473. The number of hydrogen-bond acceptors (Lipinski definition) is 3. The van der Waals surface area contributed by atoms with Crippen LogP contribution in [0.15, 0.2) is 0 Å². The molecule has 0 fully saturated rings. The Hall–Kier alpha value is -0.590. The molecule has 0 aromatic rings. The lowest BCUT2D eigenvalue weighted by molar-refractivity contribution is 0.454. The highest BCUT2D eigenvalue weighted by Gasteiger charge is 2.09. The van der Waals surface area contributed by atoms with Crippen LogP contribution < -0.4 is 11.1 Å². The molecule has 0 saturated carbocycles. The van der Waals surface area contributed by atoms with E-state index in [-0.39, 0.29) is 11.5 Å². The summed E-state index contributed by atoms with van der Waals surface area (Å²) in [6.45, 7) is 7.26. The molecule has 0 aliphatic carbocycles. The van der Waals surface area contributed by atoms with Crippen LogP contribution in [-0.2, 0) is 0 Å². The maximum atomic E-state index is 8.44. The lowest BCUT2D eigenvalue weighted by atomic mass is 10.1. The summed E-state index contributed by atoms with van der Waals surface area (Å²) in [5, 5.41) is 11.6. The Balaban J connectivity index is 3.37. The second-order valence-electron chi connectivity index (χ2n) is 3.65. The van der Waals surface area contributed by atoms with Crippen molar-refractivity contribution >= 4 is 0 Å². The van der Waals surface area contributed by atoms with Gasteiger partial charge in [-0.25, -0.2) is 0 Å². The summed E-state index contributed by atoms with van der Waals surface area (Å²) in [7, 11) is 0. The zero-order chi connectivity index (χ0) is 8.91. The van der Waals surface area contributed by atoms with Crippen LogP contribution in [0.25, 0.3) is 0 Å². The fraction of sp³-hybridized carbons (Fsp3) is 0.875. The Morgan fingerprint density at radius 2 is 2.18 bits per heavy atom. The molecule has 0 spiro atoms. The molecule has 3 N–H and O–H groups in total. The van der Waals surface area contributed by atoms with Gasteiger partial charge in [0.2, 0.25) is 0 Å². The highest BCUT2D eigenvalue weighted by Crippen LogP contribution is 1.94. The number of hydrogen-bond donors (Lipinski definition) is 2. The van der Waals surface area contributed by atoms with Gasteiger partial charge in [-0.2, -0.15) is 5.26 Å². The molecule has 1 unspecified atom stereocenters. The first-order valence-corrected chi connectivity index (χ1v) is 3.85. The summed E-state index contributed by atoms with van der Waals surface area (Å²) in [6.07, 6.45) is 0. The first kappa shape index (κ1) is 10.4. The lowest BCUT2D eigenvalue weighted by Crippen LogP contribution is -2.44. The molecule has 0 aromatic carbocycles. The van der Waals surface area contributed by atoms with Gasteiger partial charge in [0.25, 0.3) is 0 Å². The minimum absolute atomic E-state index is 0.0670. The summed E-state index contributed by atoms with van der Waals surface area (Å²) >= 11 is 0. The number of nitrogens with zero attached hydrogens (tertiary/aromatic N) is 1. The summed E-state index contributed by atoms with van der Waals surface area (Å²) < 4.78 is 0. The van der Waals surface area contributed by atoms with E-state index in [9.17, 15) is 0 Å². The van der Waals surface area contributed by atoms with E-state index in [0.717, 1.165) is 13.1 Å². The lowest BCUT2D eigenvalue weighted by Gasteiger charge is -2.19. The van der Waals surface area contributed by atoms with Gasteiger partial charge in [0, 0.05) is 18.6 Å². The standard InChI is InChI=1S/C8H17N3/c1-7(4-9)5-11-6-8(2,3)10/h7,11H,5-6,10H2,1-3H3. The SMILES string of the molecule is CC(C#N)CNCC(C)(C)N. The Bertz CT molecular complexity index is 140. The van der Waals surface area contributed by atoms with Crippen molar-refractivity contribution < 1.29 is 0 Å². The fourth-order valence-electron chi connectivity index (χ4n) is 0.656. The zero-order valence-corrected chi connectivity index (χ0v) is 7.52. The van der Waals surface area contributed by atoms with Crippen molar-refractivity contribution in [2.24, 2.45) is 11.7 Å². The van der Waals surface area contributed by atoms with E-state index in [2.05, 4.69) is 11.4 Å². The molecular weight excluding hydrogens is 138 g/mol. The predicted molar refractivity (Wildman–Crippen MR) is 45.9 cm³/mol. The Morgan fingerprint density at radius 1 is 1.64 bits per heavy atom. The van der Waals surface area contributed by atoms with Gasteiger partial charge < -0.3 is 11.1 Å². The van der Waals surface area contributed by atoms with Crippen molar-refractivity contribution in [1.29, 1.82) is 5.26 Å². The molecular formula is C8H17N3. The first-order chi connectivity index (χ1) is 4.95. The summed E-state index contributed by atoms with van der Waals surface area (Å²) in [5.41, 5.74) is 5.53. The molecule has 0 rings (SSSR count). The van der Waals surface area contributed by atoms with E-state index in [0.29, 0.717) is 0 Å². The van der Waals surface area contributed by atoms with Gasteiger partial charge in [0.1, 0.15) is 0 Å². The molecule has 1 atom stereocenters. The smallest absolute Gasteiger partial charge is 0.0666 e. The fourth-order valence-corrected chi connectivity index (χ4v) is 0.656. The van der Waals surface area contributed by atoms with Crippen molar-refractivity contribution in [3.8, 4) is 6.07 Å². The maximum Gasteiger partial charge on any atom is 0.0666 e. The molecule has 0 radical (unpaired) electrons. The monoisotopic (exact) mass is 155 g/mol. The third-order valence-corrected chi connectivity index (χ3v) is 1.25. The molecule has 3 heteroatoms. The largest absolute Gasteiger partial charge is 0.324 e. The molecule has 0 aromatic heterocycles. The molecule has 3 nitrogen and oxygen atoms in total.